The number of carbonyl (C=O) groups is 1. The lowest BCUT2D eigenvalue weighted by atomic mass is 10.00. The summed E-state index contributed by atoms with van der Waals surface area (Å²) in [6.07, 6.45) is 1.89. The van der Waals surface area contributed by atoms with Crippen LogP contribution >= 0.6 is 0 Å². The van der Waals surface area contributed by atoms with E-state index in [0.29, 0.717) is 6.54 Å². The molecule has 1 aliphatic heterocycles. The average Bonchev–Trinajstić information content (AvgIpc) is 2.42. The van der Waals surface area contributed by atoms with Gasteiger partial charge in [-0.1, -0.05) is 18.2 Å². The van der Waals surface area contributed by atoms with E-state index >= 15 is 0 Å². The van der Waals surface area contributed by atoms with Gasteiger partial charge in [-0.05, 0) is 29.9 Å². The van der Waals surface area contributed by atoms with Gasteiger partial charge in [-0.2, -0.15) is 0 Å². The van der Waals surface area contributed by atoms with Gasteiger partial charge >= 0.3 is 0 Å². The van der Waals surface area contributed by atoms with Crippen molar-refractivity contribution >= 4 is 16.8 Å². The quantitative estimate of drug-likeness (QED) is 0.436. The molecule has 2 aromatic rings. The Hall–Kier alpha value is -2.14. The first-order valence-electron chi connectivity index (χ1n) is 5.89. The number of nitrogens with two attached hydrogens (primary N) is 1. The van der Waals surface area contributed by atoms with E-state index in [0.717, 1.165) is 29.3 Å². The Labute approximate surface area is 103 Å². The van der Waals surface area contributed by atoms with Crippen LogP contribution in [0.1, 0.15) is 22.3 Å². The van der Waals surface area contributed by atoms with Gasteiger partial charge in [0.05, 0.1) is 5.52 Å². The van der Waals surface area contributed by atoms with Crippen LogP contribution in [0, 0.1) is 0 Å². The molecule has 0 fully saturated rings. The number of amides is 1. The van der Waals surface area contributed by atoms with Crippen LogP contribution in [-0.4, -0.2) is 10.5 Å². The molecule has 0 saturated carbocycles. The zero-order chi connectivity index (χ0) is 12.7. The van der Waals surface area contributed by atoms with Crippen LogP contribution in [0.4, 0.5) is 0 Å². The Morgan fingerprint density at radius 2 is 2.22 bits per heavy atom. The summed E-state index contributed by atoms with van der Waals surface area (Å²) in [6, 6.07) is 7.50. The van der Waals surface area contributed by atoms with Crippen molar-refractivity contribution < 1.29 is 4.79 Å². The highest BCUT2D eigenvalue weighted by Crippen LogP contribution is 2.23. The van der Waals surface area contributed by atoms with Crippen molar-refractivity contribution in [3.05, 3.63) is 45.7 Å². The molecule has 1 aromatic carbocycles. The fourth-order valence-electron chi connectivity index (χ4n) is 2.60. The Morgan fingerprint density at radius 1 is 1.39 bits per heavy atom. The maximum atomic E-state index is 12.2. The molecule has 3 rings (SSSR count). The molecule has 1 amide bonds. The highest BCUT2D eigenvalue weighted by Gasteiger charge is 2.18. The Balaban J connectivity index is 2.42. The van der Waals surface area contributed by atoms with Crippen molar-refractivity contribution in [1.29, 1.82) is 0 Å². The van der Waals surface area contributed by atoms with Crippen molar-refractivity contribution in [2.75, 3.05) is 0 Å². The van der Waals surface area contributed by atoms with Gasteiger partial charge in [0, 0.05) is 6.54 Å². The van der Waals surface area contributed by atoms with Crippen molar-refractivity contribution in [1.82, 2.24) is 9.99 Å². The lowest BCUT2D eigenvalue weighted by Crippen LogP contribution is -2.37. The van der Waals surface area contributed by atoms with E-state index in [1.165, 1.54) is 0 Å². The fourth-order valence-corrected chi connectivity index (χ4v) is 2.60. The van der Waals surface area contributed by atoms with Crippen molar-refractivity contribution in [2.45, 2.75) is 19.4 Å². The first-order chi connectivity index (χ1) is 8.72. The Morgan fingerprint density at radius 3 is 3.00 bits per heavy atom. The molecule has 2 heterocycles. The van der Waals surface area contributed by atoms with E-state index in [1.807, 2.05) is 23.6 Å². The zero-order valence-electron chi connectivity index (χ0n) is 9.77. The molecule has 5 nitrogen and oxygen atoms in total. The van der Waals surface area contributed by atoms with Gasteiger partial charge in [0.1, 0.15) is 5.56 Å². The van der Waals surface area contributed by atoms with Crippen molar-refractivity contribution in [3.63, 3.8) is 0 Å². The van der Waals surface area contributed by atoms with Gasteiger partial charge in [0.15, 0.2) is 0 Å². The zero-order valence-corrected chi connectivity index (χ0v) is 9.77. The highest BCUT2D eigenvalue weighted by atomic mass is 16.2. The summed E-state index contributed by atoms with van der Waals surface area (Å²) < 4.78 is 1.68. The third-order valence-corrected chi connectivity index (χ3v) is 3.40. The molecular formula is C13H13N3O2. The minimum absolute atomic E-state index is 0.101. The van der Waals surface area contributed by atoms with E-state index < -0.39 is 5.91 Å². The number of benzene rings is 1. The number of carbonyl (C=O) groups excluding carboxylic acids is 1. The molecule has 92 valence electrons. The normalized spacial score (nSPS) is 13.6. The number of pyridine rings is 1. The summed E-state index contributed by atoms with van der Waals surface area (Å²) in [5, 5.41) is 0.908. The summed E-state index contributed by atoms with van der Waals surface area (Å²) in [5.74, 6) is 4.56. The second-order valence-electron chi connectivity index (χ2n) is 4.45. The van der Waals surface area contributed by atoms with E-state index in [-0.39, 0.29) is 11.1 Å². The van der Waals surface area contributed by atoms with Gasteiger partial charge in [0.25, 0.3) is 11.5 Å². The van der Waals surface area contributed by atoms with Crippen molar-refractivity contribution in [3.8, 4) is 0 Å². The minimum atomic E-state index is -0.540. The van der Waals surface area contributed by atoms with Crippen LogP contribution in [0.3, 0.4) is 0 Å². The van der Waals surface area contributed by atoms with Gasteiger partial charge in [0.2, 0.25) is 0 Å². The number of para-hydroxylation sites is 1. The van der Waals surface area contributed by atoms with E-state index in [4.69, 9.17) is 5.84 Å². The first kappa shape index (κ1) is 11.0. The summed E-state index contributed by atoms with van der Waals surface area (Å²) in [5.41, 5.74) is 3.96. The predicted octanol–water partition coefficient (Wildman–Crippen LogP) is 0.551. The lowest BCUT2D eigenvalue weighted by Gasteiger charge is -2.19. The van der Waals surface area contributed by atoms with E-state index in [1.54, 1.807) is 10.6 Å². The monoisotopic (exact) mass is 243 g/mol. The maximum absolute atomic E-state index is 12.2. The molecule has 0 radical (unpaired) electrons. The molecule has 0 atom stereocenters. The number of nitrogen functional groups attached to an aromatic ring is 1. The molecule has 0 unspecified atom stereocenters. The summed E-state index contributed by atoms with van der Waals surface area (Å²) in [4.78, 5) is 23.8. The third-order valence-electron chi connectivity index (χ3n) is 3.40. The molecule has 18 heavy (non-hydrogen) atoms. The summed E-state index contributed by atoms with van der Waals surface area (Å²) in [7, 11) is 0. The first-order valence-corrected chi connectivity index (χ1v) is 5.89. The minimum Gasteiger partial charge on any atom is -0.307 e. The van der Waals surface area contributed by atoms with Crippen LogP contribution in [0.15, 0.2) is 29.1 Å². The van der Waals surface area contributed by atoms with E-state index in [2.05, 4.69) is 0 Å². The molecule has 1 aromatic heterocycles. The lowest BCUT2D eigenvalue weighted by molar-refractivity contribution is 0.0951. The van der Waals surface area contributed by atoms with Crippen molar-refractivity contribution in [2.24, 2.45) is 5.84 Å². The van der Waals surface area contributed by atoms with Gasteiger partial charge in [-0.3, -0.25) is 15.0 Å². The number of aromatic nitrogens is 1. The number of rotatable bonds is 1. The van der Waals surface area contributed by atoms with Gasteiger partial charge in [-0.25, -0.2) is 5.84 Å². The molecular weight excluding hydrogens is 230 g/mol. The smallest absolute Gasteiger partial charge is 0.270 e. The molecule has 5 heteroatoms. The topological polar surface area (TPSA) is 77.1 Å². The fraction of sp³-hybridized carbons (Fsp3) is 0.231. The second kappa shape index (κ2) is 3.96. The highest BCUT2D eigenvalue weighted by molar-refractivity contribution is 5.97. The molecule has 0 bridgehead atoms. The van der Waals surface area contributed by atoms with Crippen LogP contribution in [0.5, 0.6) is 0 Å². The van der Waals surface area contributed by atoms with Gasteiger partial charge < -0.3 is 4.57 Å². The Kier molecular flexibility index (Phi) is 2.41. The number of nitrogens with one attached hydrogen (secondary N) is 1. The van der Waals surface area contributed by atoms with E-state index in [9.17, 15) is 9.59 Å². The number of hydrogen-bond donors (Lipinski definition) is 2. The number of nitrogens with zero attached hydrogens (tertiary/aromatic N) is 1. The standard InChI is InChI=1S/C13H13N3O2/c14-15-12(17)10-7-9-4-1-3-8-5-2-6-16(11(8)9)13(10)18/h1,3-4,7H,2,5-6,14H2,(H,15,17). The number of hydrogen-bond acceptors (Lipinski definition) is 3. The summed E-state index contributed by atoms with van der Waals surface area (Å²) in [6.45, 7) is 0.651. The number of aryl methyl sites for hydroxylation is 2. The number of hydrazine groups is 1. The molecule has 3 N–H and O–H groups in total. The largest absolute Gasteiger partial charge is 0.307 e. The van der Waals surface area contributed by atoms with Crippen LogP contribution in [-0.2, 0) is 13.0 Å². The predicted molar refractivity (Wildman–Crippen MR) is 68.2 cm³/mol. The Bertz CT molecular complexity index is 703. The van der Waals surface area contributed by atoms with Crippen LogP contribution in [0.2, 0.25) is 0 Å². The average molecular weight is 243 g/mol. The molecule has 0 spiro atoms. The second-order valence-corrected chi connectivity index (χ2v) is 4.45. The molecule has 0 saturated heterocycles. The van der Waals surface area contributed by atoms with Gasteiger partial charge in [-0.15, -0.1) is 0 Å². The third kappa shape index (κ3) is 1.44. The van der Waals surface area contributed by atoms with Crippen LogP contribution < -0.4 is 16.8 Å². The van der Waals surface area contributed by atoms with Crippen LogP contribution in [0.25, 0.3) is 10.9 Å². The molecule has 1 aliphatic rings. The maximum Gasteiger partial charge on any atom is 0.270 e. The molecule has 0 aliphatic carbocycles. The SMILES string of the molecule is NNC(=O)c1cc2cccc3c2n(c1=O)CCC3. The summed E-state index contributed by atoms with van der Waals surface area (Å²) >= 11 is 0.